The minimum absolute atomic E-state index is 0.0822. The first-order chi connectivity index (χ1) is 14.2. The van der Waals surface area contributed by atoms with E-state index in [4.69, 9.17) is 0 Å². The predicted molar refractivity (Wildman–Crippen MR) is 124 cm³/mol. The molecule has 0 spiro atoms. The molecule has 0 aromatic carbocycles. The van der Waals surface area contributed by atoms with Gasteiger partial charge in [-0.3, -0.25) is 0 Å². The van der Waals surface area contributed by atoms with Crippen LogP contribution < -0.4 is 0 Å². The van der Waals surface area contributed by atoms with Gasteiger partial charge in [0.15, 0.2) is 0 Å². The Kier molecular flexibility index (Phi) is 6.16. The number of allylic oxidation sites excluding steroid dienone is 1. The van der Waals surface area contributed by atoms with E-state index < -0.39 is 0 Å². The van der Waals surface area contributed by atoms with Gasteiger partial charge in [0.25, 0.3) is 0 Å². The predicted octanol–water partition coefficient (Wildman–Crippen LogP) is 6.83. The van der Waals surface area contributed by atoms with Crippen LogP contribution in [0.4, 0.5) is 0 Å². The monoisotopic (exact) mass is 415 g/mol. The molecule has 0 aromatic rings. The zero-order valence-corrected chi connectivity index (χ0v) is 20.0. The van der Waals surface area contributed by atoms with Crippen LogP contribution in [0.15, 0.2) is 16.8 Å². The lowest BCUT2D eigenvalue weighted by Crippen LogP contribution is -2.54. The van der Waals surface area contributed by atoms with Gasteiger partial charge in [-0.1, -0.05) is 59.0 Å². The van der Waals surface area contributed by atoms with Gasteiger partial charge in [0.05, 0.1) is 11.8 Å². The molecular formula is C27H45NO2. The van der Waals surface area contributed by atoms with E-state index in [1.165, 1.54) is 44.9 Å². The summed E-state index contributed by atoms with van der Waals surface area (Å²) in [5.41, 5.74) is 2.45. The summed E-state index contributed by atoms with van der Waals surface area (Å²) in [4.78, 5) is 0. The van der Waals surface area contributed by atoms with Gasteiger partial charge in [0, 0.05) is 0 Å². The minimum atomic E-state index is -0.363. The molecule has 3 nitrogen and oxygen atoms in total. The molecule has 0 aromatic heterocycles. The van der Waals surface area contributed by atoms with Crippen molar-refractivity contribution in [1.29, 1.82) is 0 Å². The largest absolute Gasteiger partial charge is 0.411 e. The topological polar surface area (TPSA) is 52.8 Å². The van der Waals surface area contributed by atoms with Gasteiger partial charge in [-0.2, -0.15) is 0 Å². The molecule has 3 saturated carbocycles. The third kappa shape index (κ3) is 3.57. The Labute approximate surface area is 184 Å². The van der Waals surface area contributed by atoms with E-state index in [1.54, 1.807) is 0 Å². The lowest BCUT2D eigenvalue weighted by molar-refractivity contribution is -0.0819. The van der Waals surface area contributed by atoms with Crippen molar-refractivity contribution >= 4 is 5.71 Å². The summed E-state index contributed by atoms with van der Waals surface area (Å²) >= 11 is 0. The Balaban J connectivity index is 1.53. The maximum Gasteiger partial charge on any atom is 0.0796 e. The molecule has 0 aliphatic heterocycles. The third-order valence-electron chi connectivity index (χ3n) is 10.3. The van der Waals surface area contributed by atoms with Crippen molar-refractivity contribution in [2.75, 3.05) is 0 Å². The Morgan fingerprint density at radius 3 is 2.53 bits per heavy atom. The number of fused-ring (bicyclic) bond motifs is 5. The van der Waals surface area contributed by atoms with Crippen molar-refractivity contribution in [2.24, 2.45) is 51.5 Å². The smallest absolute Gasteiger partial charge is 0.0796 e. The highest BCUT2D eigenvalue weighted by Gasteiger charge is 2.60. The van der Waals surface area contributed by atoms with Crippen LogP contribution in [-0.2, 0) is 0 Å². The standard InChI is InChI=1S/C27H45NO2/c1-17(2)7-6-8-18(3)21-9-10-22-20-16-25(29)24-15-19(28-30)11-13-27(24,5)23(20)12-14-26(21,22)4/h15,17-18,20-23,25,29-30H,6-14,16H2,1-5H3/b28-19-/t18-,20+,21-,22+,23+,25-,26-,27-/m1/s1. The van der Waals surface area contributed by atoms with Crippen molar-refractivity contribution in [2.45, 2.75) is 105 Å². The van der Waals surface area contributed by atoms with Crippen molar-refractivity contribution in [3.63, 3.8) is 0 Å². The second-order valence-corrected chi connectivity index (χ2v) is 12.3. The Morgan fingerprint density at radius 1 is 1.07 bits per heavy atom. The fraction of sp³-hybridized carbons (Fsp3) is 0.889. The first-order valence-electron chi connectivity index (χ1n) is 12.8. The van der Waals surface area contributed by atoms with Crippen LogP contribution in [0.3, 0.4) is 0 Å². The molecule has 0 amide bonds. The molecule has 0 bridgehead atoms. The Bertz CT molecular complexity index is 697. The number of nitrogens with zero attached hydrogens (tertiary/aromatic N) is 1. The van der Waals surface area contributed by atoms with Crippen molar-refractivity contribution < 1.29 is 10.3 Å². The molecule has 3 heteroatoms. The van der Waals surface area contributed by atoms with Gasteiger partial charge < -0.3 is 10.3 Å². The third-order valence-corrected chi connectivity index (χ3v) is 10.3. The van der Waals surface area contributed by atoms with Gasteiger partial charge in [-0.15, -0.1) is 0 Å². The zero-order chi connectivity index (χ0) is 21.7. The highest BCUT2D eigenvalue weighted by molar-refractivity contribution is 5.96. The molecule has 4 aliphatic carbocycles. The molecule has 4 aliphatic rings. The molecular weight excluding hydrogens is 370 g/mol. The van der Waals surface area contributed by atoms with Gasteiger partial charge in [0.2, 0.25) is 0 Å². The summed E-state index contributed by atoms with van der Waals surface area (Å²) in [5, 5.41) is 23.9. The van der Waals surface area contributed by atoms with Crippen LogP contribution in [-0.4, -0.2) is 22.1 Å². The number of hydrogen-bond acceptors (Lipinski definition) is 3. The van der Waals surface area contributed by atoms with E-state index in [1.807, 2.05) is 6.08 Å². The summed E-state index contributed by atoms with van der Waals surface area (Å²) in [7, 11) is 0. The van der Waals surface area contributed by atoms with Crippen LogP contribution in [0.25, 0.3) is 0 Å². The van der Waals surface area contributed by atoms with E-state index in [0.717, 1.165) is 54.2 Å². The molecule has 0 heterocycles. The minimum Gasteiger partial charge on any atom is -0.411 e. The molecule has 2 N–H and O–H groups in total. The van der Waals surface area contributed by atoms with Crippen LogP contribution in [0.5, 0.6) is 0 Å². The van der Waals surface area contributed by atoms with Gasteiger partial charge in [-0.25, -0.2) is 0 Å². The van der Waals surface area contributed by atoms with Gasteiger partial charge >= 0.3 is 0 Å². The second kappa shape index (κ2) is 8.26. The number of aliphatic hydroxyl groups excluding tert-OH is 1. The van der Waals surface area contributed by atoms with Crippen LogP contribution >= 0.6 is 0 Å². The van der Waals surface area contributed by atoms with Gasteiger partial charge in [0.1, 0.15) is 0 Å². The number of oxime groups is 1. The number of aliphatic hydroxyl groups is 1. The first kappa shape index (κ1) is 22.4. The molecule has 0 saturated heterocycles. The van der Waals surface area contributed by atoms with E-state index >= 15 is 0 Å². The maximum absolute atomic E-state index is 11.2. The summed E-state index contributed by atoms with van der Waals surface area (Å²) < 4.78 is 0. The van der Waals surface area contributed by atoms with Gasteiger partial charge in [-0.05, 0) is 103 Å². The molecule has 170 valence electrons. The highest BCUT2D eigenvalue weighted by atomic mass is 16.4. The van der Waals surface area contributed by atoms with E-state index in [-0.39, 0.29) is 11.5 Å². The molecule has 3 fully saturated rings. The maximum atomic E-state index is 11.2. The summed E-state index contributed by atoms with van der Waals surface area (Å²) in [6.45, 7) is 12.2. The molecule has 0 unspecified atom stereocenters. The fourth-order valence-electron chi connectivity index (χ4n) is 8.72. The fourth-order valence-corrected chi connectivity index (χ4v) is 8.72. The average molecular weight is 416 g/mol. The summed E-state index contributed by atoms with van der Waals surface area (Å²) in [6.07, 6.45) is 14.0. The molecule has 8 atom stereocenters. The van der Waals surface area contributed by atoms with Crippen LogP contribution in [0.1, 0.15) is 98.8 Å². The van der Waals surface area contributed by atoms with Crippen molar-refractivity contribution in [3.8, 4) is 0 Å². The number of rotatable bonds is 5. The Hall–Kier alpha value is -0.830. The normalized spacial score (nSPS) is 45.6. The molecule has 30 heavy (non-hydrogen) atoms. The van der Waals surface area contributed by atoms with Crippen LogP contribution in [0.2, 0.25) is 0 Å². The second-order valence-electron chi connectivity index (χ2n) is 12.3. The zero-order valence-electron chi connectivity index (χ0n) is 20.0. The highest BCUT2D eigenvalue weighted by Crippen LogP contribution is 2.67. The lowest BCUT2D eigenvalue weighted by atomic mass is 9.46. The summed E-state index contributed by atoms with van der Waals surface area (Å²) in [6, 6.07) is 0. The number of hydrogen-bond donors (Lipinski definition) is 2. The Morgan fingerprint density at radius 2 is 1.83 bits per heavy atom. The molecule has 0 radical (unpaired) electrons. The van der Waals surface area contributed by atoms with Crippen molar-refractivity contribution in [3.05, 3.63) is 11.6 Å². The summed E-state index contributed by atoms with van der Waals surface area (Å²) in [5.74, 6) is 4.61. The lowest BCUT2D eigenvalue weighted by Gasteiger charge is -2.59. The SMILES string of the molecule is CC(C)CCC[C@@H](C)[C@H]1CC[C@H]2[C@@H]3C[C@@H](O)C4=C/C(=N\O)CC[C@]4(C)[C@H]3CC[C@]12C. The quantitative estimate of drug-likeness (QED) is 0.382. The first-order valence-corrected chi connectivity index (χ1v) is 12.8. The van der Waals surface area contributed by atoms with E-state index in [0.29, 0.717) is 17.3 Å². The van der Waals surface area contributed by atoms with Crippen LogP contribution in [0, 0.1) is 46.3 Å². The average Bonchev–Trinajstić information content (AvgIpc) is 3.05. The molecule has 4 rings (SSSR count). The van der Waals surface area contributed by atoms with Crippen molar-refractivity contribution in [1.82, 2.24) is 0 Å². The van der Waals surface area contributed by atoms with E-state index in [2.05, 4.69) is 39.8 Å². The van der Waals surface area contributed by atoms with E-state index in [9.17, 15) is 10.3 Å².